The van der Waals surface area contributed by atoms with Gasteiger partial charge in [0.1, 0.15) is 0 Å². The fourth-order valence-electron chi connectivity index (χ4n) is 3.03. The number of aromatic nitrogens is 2. The highest BCUT2D eigenvalue weighted by molar-refractivity contribution is 6.30. The van der Waals surface area contributed by atoms with Crippen molar-refractivity contribution >= 4 is 11.6 Å². The van der Waals surface area contributed by atoms with E-state index < -0.39 is 0 Å². The van der Waals surface area contributed by atoms with Gasteiger partial charge in [-0.1, -0.05) is 53.2 Å². The van der Waals surface area contributed by atoms with Gasteiger partial charge in [0.2, 0.25) is 5.89 Å². The molecular formula is C19H17ClN2O2. The minimum absolute atomic E-state index is 0.0150. The van der Waals surface area contributed by atoms with Crippen molar-refractivity contribution in [2.75, 3.05) is 6.61 Å². The summed E-state index contributed by atoms with van der Waals surface area (Å²) in [5, 5.41) is 4.80. The number of fused-ring (bicyclic) bond motifs is 1. The summed E-state index contributed by atoms with van der Waals surface area (Å²) in [6.07, 6.45) is 2.17. The standard InChI is InChI=1S/C19H17ClN2O2/c20-15-7-5-13(6-8-15)11-18-21-19(24-22-18)12-17-16-4-2-1-3-14(16)9-10-23-17/h1-8,17H,9-12H2/t17-/m0/s1. The van der Waals surface area contributed by atoms with Crippen LogP contribution in [0.5, 0.6) is 0 Å². The number of ether oxygens (including phenoxy) is 1. The van der Waals surface area contributed by atoms with Crippen LogP contribution >= 0.6 is 11.6 Å². The Morgan fingerprint density at radius 2 is 1.92 bits per heavy atom. The average Bonchev–Trinajstić information content (AvgIpc) is 3.04. The average molecular weight is 341 g/mol. The summed E-state index contributed by atoms with van der Waals surface area (Å²) in [4.78, 5) is 4.50. The molecule has 0 saturated carbocycles. The Hall–Kier alpha value is -2.17. The van der Waals surface area contributed by atoms with E-state index in [-0.39, 0.29) is 6.10 Å². The largest absolute Gasteiger partial charge is 0.373 e. The van der Waals surface area contributed by atoms with Crippen molar-refractivity contribution < 1.29 is 9.26 Å². The predicted octanol–water partition coefficient (Wildman–Crippen LogP) is 4.17. The van der Waals surface area contributed by atoms with Gasteiger partial charge < -0.3 is 9.26 Å². The molecule has 0 fully saturated rings. The summed E-state index contributed by atoms with van der Waals surface area (Å²) >= 11 is 5.90. The molecule has 122 valence electrons. The molecule has 1 aliphatic rings. The molecule has 1 aromatic heterocycles. The lowest BCUT2D eigenvalue weighted by atomic mass is 9.96. The quantitative estimate of drug-likeness (QED) is 0.715. The molecule has 2 heterocycles. The van der Waals surface area contributed by atoms with Crippen LogP contribution in [-0.4, -0.2) is 16.7 Å². The molecule has 0 amide bonds. The van der Waals surface area contributed by atoms with Crippen molar-refractivity contribution in [1.82, 2.24) is 10.1 Å². The first-order chi connectivity index (χ1) is 11.8. The zero-order valence-corrected chi connectivity index (χ0v) is 13.9. The summed E-state index contributed by atoms with van der Waals surface area (Å²) in [5.74, 6) is 1.29. The van der Waals surface area contributed by atoms with Gasteiger partial charge in [0.25, 0.3) is 0 Å². The number of benzene rings is 2. The topological polar surface area (TPSA) is 48.2 Å². The van der Waals surface area contributed by atoms with E-state index in [0.29, 0.717) is 24.6 Å². The molecule has 24 heavy (non-hydrogen) atoms. The van der Waals surface area contributed by atoms with Crippen molar-refractivity contribution in [3.8, 4) is 0 Å². The lowest BCUT2D eigenvalue weighted by molar-refractivity contribution is 0.0375. The molecule has 0 saturated heterocycles. The number of hydrogen-bond acceptors (Lipinski definition) is 4. The predicted molar refractivity (Wildman–Crippen MR) is 91.1 cm³/mol. The molecule has 4 nitrogen and oxygen atoms in total. The second-order valence-corrected chi connectivity index (χ2v) is 6.36. The van der Waals surface area contributed by atoms with Gasteiger partial charge in [-0.3, -0.25) is 0 Å². The molecular weight excluding hydrogens is 324 g/mol. The summed E-state index contributed by atoms with van der Waals surface area (Å²) in [6, 6.07) is 16.1. The van der Waals surface area contributed by atoms with E-state index in [2.05, 4.69) is 28.3 Å². The molecule has 5 heteroatoms. The smallest absolute Gasteiger partial charge is 0.229 e. The van der Waals surface area contributed by atoms with Gasteiger partial charge in [0.15, 0.2) is 5.82 Å². The summed E-state index contributed by atoms with van der Waals surface area (Å²) < 4.78 is 11.3. The molecule has 0 unspecified atom stereocenters. The van der Waals surface area contributed by atoms with E-state index in [1.165, 1.54) is 11.1 Å². The van der Waals surface area contributed by atoms with E-state index in [0.717, 1.165) is 23.6 Å². The zero-order chi connectivity index (χ0) is 16.4. The Morgan fingerprint density at radius 1 is 1.08 bits per heavy atom. The van der Waals surface area contributed by atoms with Gasteiger partial charge in [-0.15, -0.1) is 0 Å². The van der Waals surface area contributed by atoms with E-state index >= 15 is 0 Å². The van der Waals surface area contributed by atoms with E-state index in [1.54, 1.807) is 0 Å². The minimum Gasteiger partial charge on any atom is -0.373 e. The van der Waals surface area contributed by atoms with Crippen molar-refractivity contribution in [1.29, 1.82) is 0 Å². The van der Waals surface area contributed by atoms with Crippen LogP contribution in [0.15, 0.2) is 53.1 Å². The van der Waals surface area contributed by atoms with Crippen molar-refractivity contribution in [2.45, 2.75) is 25.4 Å². The molecule has 2 aromatic carbocycles. The second-order valence-electron chi connectivity index (χ2n) is 5.92. The SMILES string of the molecule is Clc1ccc(Cc2noc(C[C@@H]3OCCc4ccccc43)n2)cc1. The molecule has 0 spiro atoms. The Labute approximate surface area is 145 Å². The molecule has 0 radical (unpaired) electrons. The molecule has 1 atom stereocenters. The zero-order valence-electron chi connectivity index (χ0n) is 13.1. The van der Waals surface area contributed by atoms with E-state index in [4.69, 9.17) is 20.9 Å². The third-order valence-electron chi connectivity index (χ3n) is 4.24. The molecule has 4 rings (SSSR count). The molecule has 0 bridgehead atoms. The highest BCUT2D eigenvalue weighted by atomic mass is 35.5. The number of rotatable bonds is 4. The van der Waals surface area contributed by atoms with Crippen molar-refractivity contribution in [3.05, 3.63) is 82.0 Å². The van der Waals surface area contributed by atoms with Crippen LogP contribution in [0.1, 0.15) is 34.5 Å². The lowest BCUT2D eigenvalue weighted by Gasteiger charge is -2.24. The van der Waals surface area contributed by atoms with Crippen LogP contribution in [-0.2, 0) is 24.0 Å². The maximum absolute atomic E-state index is 5.91. The van der Waals surface area contributed by atoms with Crippen LogP contribution in [0.2, 0.25) is 5.02 Å². The maximum atomic E-state index is 5.91. The summed E-state index contributed by atoms with van der Waals surface area (Å²) in [6.45, 7) is 0.730. The Kier molecular flexibility index (Phi) is 4.32. The first-order valence-corrected chi connectivity index (χ1v) is 8.41. The maximum Gasteiger partial charge on any atom is 0.229 e. The minimum atomic E-state index is -0.0150. The van der Waals surface area contributed by atoms with Crippen LogP contribution in [0, 0.1) is 0 Å². The van der Waals surface area contributed by atoms with Gasteiger partial charge in [-0.2, -0.15) is 4.98 Å². The van der Waals surface area contributed by atoms with E-state index in [9.17, 15) is 0 Å². The molecule has 0 N–H and O–H groups in total. The normalized spacial score (nSPS) is 16.8. The highest BCUT2D eigenvalue weighted by Crippen LogP contribution is 2.29. The van der Waals surface area contributed by atoms with Crippen LogP contribution in [0.3, 0.4) is 0 Å². The van der Waals surface area contributed by atoms with Gasteiger partial charge >= 0.3 is 0 Å². The fourth-order valence-corrected chi connectivity index (χ4v) is 3.16. The summed E-state index contributed by atoms with van der Waals surface area (Å²) in [5.41, 5.74) is 3.67. The Bertz CT molecular complexity index is 829. The van der Waals surface area contributed by atoms with Crippen molar-refractivity contribution in [2.24, 2.45) is 0 Å². The third kappa shape index (κ3) is 3.35. The lowest BCUT2D eigenvalue weighted by Crippen LogP contribution is -2.18. The summed E-state index contributed by atoms with van der Waals surface area (Å²) in [7, 11) is 0. The van der Waals surface area contributed by atoms with Crippen LogP contribution < -0.4 is 0 Å². The van der Waals surface area contributed by atoms with Crippen LogP contribution in [0.4, 0.5) is 0 Å². The van der Waals surface area contributed by atoms with E-state index in [1.807, 2.05) is 30.3 Å². The fraction of sp³-hybridized carbons (Fsp3) is 0.263. The van der Waals surface area contributed by atoms with Gasteiger partial charge in [-0.05, 0) is 35.2 Å². The van der Waals surface area contributed by atoms with Gasteiger partial charge in [-0.25, -0.2) is 0 Å². The molecule has 3 aromatic rings. The number of hydrogen-bond donors (Lipinski definition) is 0. The third-order valence-corrected chi connectivity index (χ3v) is 4.49. The Balaban J connectivity index is 1.47. The molecule has 1 aliphatic heterocycles. The first kappa shape index (κ1) is 15.4. The van der Waals surface area contributed by atoms with Gasteiger partial charge in [0, 0.05) is 11.4 Å². The number of nitrogens with zero attached hydrogens (tertiary/aromatic N) is 2. The highest BCUT2D eigenvalue weighted by Gasteiger charge is 2.23. The van der Waals surface area contributed by atoms with Crippen LogP contribution in [0.25, 0.3) is 0 Å². The van der Waals surface area contributed by atoms with Gasteiger partial charge in [0.05, 0.1) is 19.1 Å². The second kappa shape index (κ2) is 6.75. The monoisotopic (exact) mass is 340 g/mol. The number of halogens is 1. The first-order valence-electron chi connectivity index (χ1n) is 8.03. The molecule has 0 aliphatic carbocycles. The Morgan fingerprint density at radius 3 is 2.79 bits per heavy atom. The van der Waals surface area contributed by atoms with Crippen molar-refractivity contribution in [3.63, 3.8) is 0 Å².